The number of nitrogens with one attached hydrogen (secondary N) is 1. The van der Waals surface area contributed by atoms with E-state index in [0.29, 0.717) is 12.5 Å². The zero-order chi connectivity index (χ0) is 16.7. The first-order valence-electron chi connectivity index (χ1n) is 8.31. The van der Waals surface area contributed by atoms with Crippen LogP contribution in [0, 0.1) is 5.92 Å². The molecular weight excluding hydrogens is 310 g/mol. The predicted octanol–water partition coefficient (Wildman–Crippen LogP) is 2.70. The molecule has 0 aromatic carbocycles. The third-order valence-corrected chi connectivity index (χ3v) is 5.33. The number of likely N-dealkylation sites (tertiary alicyclic amines) is 1. The second kappa shape index (κ2) is 8.91. The van der Waals surface area contributed by atoms with E-state index in [2.05, 4.69) is 39.6 Å². The first-order chi connectivity index (χ1) is 11.2. The summed E-state index contributed by atoms with van der Waals surface area (Å²) in [5.41, 5.74) is 0. The quantitative estimate of drug-likeness (QED) is 0.510. The Kier molecular flexibility index (Phi) is 6.89. The van der Waals surface area contributed by atoms with E-state index >= 15 is 0 Å². The van der Waals surface area contributed by atoms with Crippen molar-refractivity contribution in [3.05, 3.63) is 22.4 Å². The number of carbonyl (C=O) groups is 1. The number of nitrogens with zero attached hydrogens (tertiary/aromatic N) is 2. The lowest BCUT2D eigenvalue weighted by atomic mass is 9.97. The van der Waals surface area contributed by atoms with Crippen LogP contribution in [0.5, 0.6) is 0 Å². The van der Waals surface area contributed by atoms with Gasteiger partial charge in [0, 0.05) is 37.5 Å². The van der Waals surface area contributed by atoms with Crippen LogP contribution in [0.1, 0.15) is 37.5 Å². The van der Waals surface area contributed by atoms with Crippen molar-refractivity contribution in [3.8, 4) is 0 Å². The fourth-order valence-electron chi connectivity index (χ4n) is 2.84. The van der Waals surface area contributed by atoms with Gasteiger partial charge in [-0.3, -0.25) is 9.79 Å². The highest BCUT2D eigenvalue weighted by Gasteiger charge is 2.27. The van der Waals surface area contributed by atoms with Crippen LogP contribution in [0.2, 0.25) is 0 Å². The number of rotatable bonds is 5. The van der Waals surface area contributed by atoms with Gasteiger partial charge in [0.15, 0.2) is 5.96 Å². The molecule has 2 heterocycles. The molecule has 1 fully saturated rings. The molecule has 0 saturated carbocycles. The average Bonchev–Trinajstić information content (AvgIpc) is 3.10. The highest BCUT2D eigenvalue weighted by molar-refractivity contribution is 7.10. The average molecular weight is 337 g/mol. The summed E-state index contributed by atoms with van der Waals surface area (Å²) in [4.78, 5) is 19.8. The third-order valence-electron chi connectivity index (χ3n) is 4.22. The molecule has 1 aromatic heterocycles. The van der Waals surface area contributed by atoms with Crippen molar-refractivity contribution in [2.75, 3.05) is 33.3 Å². The first kappa shape index (κ1) is 17.8. The molecule has 1 saturated heterocycles. The van der Waals surface area contributed by atoms with E-state index in [1.165, 1.54) is 4.88 Å². The van der Waals surface area contributed by atoms with Gasteiger partial charge in [0.05, 0.1) is 12.5 Å². The van der Waals surface area contributed by atoms with Gasteiger partial charge in [-0.15, -0.1) is 11.3 Å². The molecule has 0 aliphatic carbocycles. The van der Waals surface area contributed by atoms with Gasteiger partial charge in [0.2, 0.25) is 0 Å². The van der Waals surface area contributed by atoms with Crippen LogP contribution in [-0.2, 0) is 9.53 Å². The lowest BCUT2D eigenvalue weighted by Gasteiger charge is -2.33. The lowest BCUT2D eigenvalue weighted by molar-refractivity contribution is -0.149. The maximum absolute atomic E-state index is 11.8. The molecule has 6 heteroatoms. The number of ether oxygens (including phenoxy) is 1. The minimum Gasteiger partial charge on any atom is -0.466 e. The van der Waals surface area contributed by atoms with Crippen molar-refractivity contribution in [3.63, 3.8) is 0 Å². The highest BCUT2D eigenvalue weighted by atomic mass is 32.1. The number of carbonyl (C=O) groups excluding carboxylic acids is 1. The van der Waals surface area contributed by atoms with Crippen molar-refractivity contribution in [1.82, 2.24) is 10.2 Å². The van der Waals surface area contributed by atoms with E-state index < -0.39 is 0 Å². The molecule has 1 aliphatic rings. The number of hydrogen-bond acceptors (Lipinski definition) is 4. The summed E-state index contributed by atoms with van der Waals surface area (Å²) in [5, 5.41) is 5.57. The van der Waals surface area contributed by atoms with Gasteiger partial charge in [-0.05, 0) is 31.2 Å². The minimum atomic E-state index is -0.0542. The highest BCUT2D eigenvalue weighted by Crippen LogP contribution is 2.21. The van der Waals surface area contributed by atoms with Gasteiger partial charge in [0.1, 0.15) is 0 Å². The number of piperidine rings is 1. The fourth-order valence-corrected chi connectivity index (χ4v) is 3.62. The molecule has 1 N–H and O–H groups in total. The van der Waals surface area contributed by atoms with Crippen LogP contribution in [0.15, 0.2) is 22.5 Å². The molecule has 23 heavy (non-hydrogen) atoms. The van der Waals surface area contributed by atoms with Crippen LogP contribution in [0.25, 0.3) is 0 Å². The van der Waals surface area contributed by atoms with Gasteiger partial charge in [-0.2, -0.15) is 0 Å². The Labute approximate surface area is 142 Å². The second-order valence-corrected chi connectivity index (χ2v) is 6.84. The largest absolute Gasteiger partial charge is 0.466 e. The normalized spacial score (nSPS) is 17.9. The van der Waals surface area contributed by atoms with Crippen LogP contribution in [0.3, 0.4) is 0 Å². The molecule has 1 aliphatic heterocycles. The SMILES string of the molecule is CCOC(=O)C1CCN(C(=NC)NCC(C)c2cccs2)CC1. The Hall–Kier alpha value is -1.56. The smallest absolute Gasteiger partial charge is 0.309 e. The Bertz CT molecular complexity index is 508. The van der Waals surface area contributed by atoms with E-state index in [4.69, 9.17) is 4.74 Å². The zero-order valence-electron chi connectivity index (χ0n) is 14.2. The second-order valence-electron chi connectivity index (χ2n) is 5.86. The third kappa shape index (κ3) is 4.96. The van der Waals surface area contributed by atoms with Crippen LogP contribution >= 0.6 is 11.3 Å². The number of thiophene rings is 1. The summed E-state index contributed by atoms with van der Waals surface area (Å²) < 4.78 is 5.12. The lowest BCUT2D eigenvalue weighted by Crippen LogP contribution is -2.47. The number of guanidine groups is 1. The number of aliphatic imine (C=N–C) groups is 1. The van der Waals surface area contributed by atoms with Gasteiger partial charge in [-0.25, -0.2) is 0 Å². The molecule has 0 amide bonds. The molecule has 1 unspecified atom stereocenters. The number of esters is 1. The molecule has 0 spiro atoms. The maximum Gasteiger partial charge on any atom is 0.309 e. The topological polar surface area (TPSA) is 53.9 Å². The number of hydrogen-bond donors (Lipinski definition) is 1. The molecule has 2 rings (SSSR count). The summed E-state index contributed by atoms with van der Waals surface area (Å²) >= 11 is 1.79. The zero-order valence-corrected chi connectivity index (χ0v) is 15.1. The van der Waals surface area contributed by atoms with Crippen LogP contribution < -0.4 is 5.32 Å². The molecule has 0 radical (unpaired) electrons. The standard InChI is InChI=1S/C17H27N3O2S/c1-4-22-16(21)14-7-9-20(10-8-14)17(18-3)19-12-13(2)15-6-5-11-23-15/h5-6,11,13-14H,4,7-10,12H2,1-3H3,(H,18,19). The van der Waals surface area contributed by atoms with Crippen molar-refractivity contribution >= 4 is 23.3 Å². The maximum atomic E-state index is 11.8. The summed E-state index contributed by atoms with van der Waals surface area (Å²) in [6.45, 7) is 7.09. The minimum absolute atomic E-state index is 0.0364. The first-order valence-corrected chi connectivity index (χ1v) is 9.19. The van der Waals surface area contributed by atoms with Crippen LogP contribution in [-0.4, -0.2) is 50.1 Å². The fraction of sp³-hybridized carbons (Fsp3) is 0.647. The summed E-state index contributed by atoms with van der Waals surface area (Å²) in [5.74, 6) is 1.37. The monoisotopic (exact) mass is 337 g/mol. The van der Waals surface area contributed by atoms with E-state index in [9.17, 15) is 4.79 Å². The van der Waals surface area contributed by atoms with Crippen molar-refractivity contribution in [2.24, 2.45) is 10.9 Å². The van der Waals surface area contributed by atoms with E-state index in [-0.39, 0.29) is 11.9 Å². The van der Waals surface area contributed by atoms with Gasteiger partial charge in [0.25, 0.3) is 0 Å². The molecule has 0 bridgehead atoms. The van der Waals surface area contributed by atoms with E-state index in [1.807, 2.05) is 14.0 Å². The van der Waals surface area contributed by atoms with Gasteiger partial charge < -0.3 is 15.0 Å². The Balaban J connectivity index is 1.80. The Morgan fingerprint density at radius 1 is 1.52 bits per heavy atom. The van der Waals surface area contributed by atoms with Crippen molar-refractivity contribution < 1.29 is 9.53 Å². The molecule has 5 nitrogen and oxygen atoms in total. The Morgan fingerprint density at radius 3 is 2.83 bits per heavy atom. The summed E-state index contributed by atoms with van der Waals surface area (Å²) in [7, 11) is 1.82. The summed E-state index contributed by atoms with van der Waals surface area (Å²) in [6, 6.07) is 4.26. The summed E-state index contributed by atoms with van der Waals surface area (Å²) in [6.07, 6.45) is 1.67. The van der Waals surface area contributed by atoms with Gasteiger partial charge in [-0.1, -0.05) is 13.0 Å². The molecule has 1 aromatic rings. The molecule has 128 valence electrons. The van der Waals surface area contributed by atoms with E-state index in [1.54, 1.807) is 11.3 Å². The van der Waals surface area contributed by atoms with Crippen LogP contribution in [0.4, 0.5) is 0 Å². The van der Waals surface area contributed by atoms with Crippen molar-refractivity contribution in [1.29, 1.82) is 0 Å². The predicted molar refractivity (Wildman–Crippen MR) is 95.0 cm³/mol. The van der Waals surface area contributed by atoms with E-state index in [0.717, 1.165) is 38.4 Å². The van der Waals surface area contributed by atoms with Crippen molar-refractivity contribution in [2.45, 2.75) is 32.6 Å². The molecular formula is C17H27N3O2S. The Morgan fingerprint density at radius 2 is 2.26 bits per heavy atom. The molecule has 1 atom stereocenters. The van der Waals surface area contributed by atoms with Gasteiger partial charge >= 0.3 is 5.97 Å².